The van der Waals surface area contributed by atoms with Crippen molar-refractivity contribution in [2.24, 2.45) is 0 Å². The Hall–Kier alpha value is -3.32. The van der Waals surface area contributed by atoms with E-state index in [1.807, 2.05) is 53.9 Å². The number of thiophene rings is 1. The van der Waals surface area contributed by atoms with Crippen LogP contribution in [0.4, 0.5) is 0 Å². The van der Waals surface area contributed by atoms with E-state index >= 15 is 0 Å². The summed E-state index contributed by atoms with van der Waals surface area (Å²) < 4.78 is 10.4. The van der Waals surface area contributed by atoms with Gasteiger partial charge in [-0.15, -0.1) is 11.3 Å². The predicted octanol–water partition coefficient (Wildman–Crippen LogP) is 3.60. The monoisotopic (exact) mass is 424 g/mol. The quantitative estimate of drug-likeness (QED) is 0.550. The fourth-order valence-electron chi connectivity index (χ4n) is 2.99. The van der Waals surface area contributed by atoms with Crippen molar-refractivity contribution in [3.05, 3.63) is 82.0 Å². The Kier molecular flexibility index (Phi) is 7.45. The van der Waals surface area contributed by atoms with Crippen molar-refractivity contribution in [2.45, 2.75) is 12.5 Å². The molecule has 0 radical (unpaired) electrons. The van der Waals surface area contributed by atoms with E-state index in [0.717, 1.165) is 22.6 Å². The van der Waals surface area contributed by atoms with Gasteiger partial charge in [0.1, 0.15) is 11.5 Å². The van der Waals surface area contributed by atoms with Crippen LogP contribution in [-0.4, -0.2) is 32.6 Å². The molecule has 3 rings (SSSR count). The van der Waals surface area contributed by atoms with E-state index < -0.39 is 0 Å². The number of amides is 2. The number of methoxy groups -OCH3 is 2. The van der Waals surface area contributed by atoms with Crippen molar-refractivity contribution >= 4 is 23.2 Å². The van der Waals surface area contributed by atoms with Crippen molar-refractivity contribution in [2.75, 3.05) is 20.8 Å². The summed E-state index contributed by atoms with van der Waals surface area (Å²) in [6.07, 6.45) is 0.598. The van der Waals surface area contributed by atoms with Gasteiger partial charge in [0.15, 0.2) is 0 Å². The molecule has 0 fully saturated rings. The first-order valence-corrected chi connectivity index (χ1v) is 10.3. The lowest BCUT2D eigenvalue weighted by Gasteiger charge is -2.20. The molecule has 0 saturated heterocycles. The molecule has 6 nitrogen and oxygen atoms in total. The SMILES string of the molecule is COc1ccc(C[C@@H](NC(=O)CNC(=O)c2cccs2)c2ccc(OC)cc2)cc1. The average Bonchev–Trinajstić information content (AvgIpc) is 3.33. The third kappa shape index (κ3) is 5.84. The van der Waals surface area contributed by atoms with Crippen molar-refractivity contribution in [3.8, 4) is 11.5 Å². The molecule has 3 aromatic rings. The molecule has 2 N–H and O–H groups in total. The second-order valence-electron chi connectivity index (χ2n) is 6.61. The lowest BCUT2D eigenvalue weighted by Crippen LogP contribution is -2.39. The number of ether oxygens (including phenoxy) is 2. The summed E-state index contributed by atoms with van der Waals surface area (Å²) in [4.78, 5) is 25.2. The van der Waals surface area contributed by atoms with Gasteiger partial charge >= 0.3 is 0 Å². The highest BCUT2D eigenvalue weighted by atomic mass is 32.1. The Morgan fingerprint density at radius 3 is 2.13 bits per heavy atom. The van der Waals surface area contributed by atoms with Gasteiger partial charge in [0.05, 0.1) is 31.7 Å². The molecule has 1 aromatic heterocycles. The highest BCUT2D eigenvalue weighted by Crippen LogP contribution is 2.22. The number of hydrogen-bond acceptors (Lipinski definition) is 5. The molecule has 7 heteroatoms. The van der Waals surface area contributed by atoms with Crippen LogP contribution >= 0.6 is 11.3 Å². The summed E-state index contributed by atoms with van der Waals surface area (Å²) in [6, 6.07) is 18.6. The van der Waals surface area contributed by atoms with Crippen LogP contribution in [0.15, 0.2) is 66.0 Å². The molecular formula is C23H24N2O4S. The average molecular weight is 425 g/mol. The van der Waals surface area contributed by atoms with E-state index in [-0.39, 0.29) is 24.4 Å². The molecule has 0 bridgehead atoms. The van der Waals surface area contributed by atoms with Crippen LogP contribution < -0.4 is 20.1 Å². The molecule has 0 aliphatic carbocycles. The highest BCUT2D eigenvalue weighted by Gasteiger charge is 2.17. The summed E-state index contributed by atoms with van der Waals surface area (Å²) in [5.41, 5.74) is 2.00. The van der Waals surface area contributed by atoms with E-state index in [2.05, 4.69) is 10.6 Å². The molecule has 156 valence electrons. The molecule has 0 saturated carbocycles. The zero-order valence-electron chi connectivity index (χ0n) is 16.9. The van der Waals surface area contributed by atoms with Gasteiger partial charge in [-0.3, -0.25) is 9.59 Å². The molecule has 0 aliphatic heterocycles. The smallest absolute Gasteiger partial charge is 0.261 e. The summed E-state index contributed by atoms with van der Waals surface area (Å²) in [7, 11) is 3.24. The van der Waals surface area contributed by atoms with Gasteiger partial charge in [0, 0.05) is 0 Å². The van der Waals surface area contributed by atoms with Crippen molar-refractivity contribution < 1.29 is 19.1 Å². The van der Waals surface area contributed by atoms with Crippen molar-refractivity contribution in [1.82, 2.24) is 10.6 Å². The molecule has 1 atom stereocenters. The standard InChI is InChI=1S/C23H24N2O4S/c1-28-18-9-5-16(6-10-18)14-20(17-7-11-19(29-2)12-8-17)25-22(26)15-24-23(27)21-4-3-13-30-21/h3-13,20H,14-15H2,1-2H3,(H,24,27)(H,25,26)/t20-/m1/s1. The number of carbonyl (C=O) groups is 2. The fourth-order valence-corrected chi connectivity index (χ4v) is 3.63. The first kappa shape index (κ1) is 21.4. The van der Waals surface area contributed by atoms with Gasteiger partial charge in [-0.25, -0.2) is 0 Å². The number of rotatable bonds is 9. The van der Waals surface area contributed by atoms with Gasteiger partial charge in [-0.1, -0.05) is 30.3 Å². The first-order valence-electron chi connectivity index (χ1n) is 9.47. The van der Waals surface area contributed by atoms with E-state index in [1.54, 1.807) is 26.4 Å². The van der Waals surface area contributed by atoms with Crippen LogP contribution in [0, 0.1) is 0 Å². The van der Waals surface area contributed by atoms with Gasteiger partial charge in [-0.2, -0.15) is 0 Å². The van der Waals surface area contributed by atoms with Crippen molar-refractivity contribution in [1.29, 1.82) is 0 Å². The van der Waals surface area contributed by atoms with Crippen LogP contribution in [0.3, 0.4) is 0 Å². The third-order valence-corrected chi connectivity index (χ3v) is 5.48. The Morgan fingerprint density at radius 1 is 0.933 bits per heavy atom. The van der Waals surface area contributed by atoms with Gasteiger partial charge in [0.25, 0.3) is 5.91 Å². The van der Waals surface area contributed by atoms with E-state index in [1.165, 1.54) is 11.3 Å². The van der Waals surface area contributed by atoms with E-state index in [9.17, 15) is 9.59 Å². The van der Waals surface area contributed by atoms with Crippen LogP contribution in [-0.2, 0) is 11.2 Å². The maximum absolute atomic E-state index is 12.5. The minimum absolute atomic E-state index is 0.0913. The maximum atomic E-state index is 12.5. The molecular weight excluding hydrogens is 400 g/mol. The minimum Gasteiger partial charge on any atom is -0.497 e. The number of hydrogen-bond donors (Lipinski definition) is 2. The second-order valence-corrected chi connectivity index (χ2v) is 7.55. The fraction of sp³-hybridized carbons (Fsp3) is 0.217. The third-order valence-electron chi connectivity index (χ3n) is 4.61. The zero-order valence-corrected chi connectivity index (χ0v) is 17.7. The largest absolute Gasteiger partial charge is 0.497 e. The minimum atomic E-state index is -0.255. The summed E-state index contributed by atoms with van der Waals surface area (Å²) >= 11 is 1.34. The Balaban J connectivity index is 1.69. The van der Waals surface area contributed by atoms with Crippen LogP contribution in [0.1, 0.15) is 26.8 Å². The maximum Gasteiger partial charge on any atom is 0.261 e. The van der Waals surface area contributed by atoms with E-state index in [0.29, 0.717) is 11.3 Å². The van der Waals surface area contributed by atoms with Crippen LogP contribution in [0.5, 0.6) is 11.5 Å². The predicted molar refractivity (Wildman–Crippen MR) is 117 cm³/mol. The normalized spacial score (nSPS) is 11.4. The van der Waals surface area contributed by atoms with Gasteiger partial charge in [0.2, 0.25) is 5.91 Å². The molecule has 30 heavy (non-hydrogen) atoms. The first-order chi connectivity index (χ1) is 14.6. The molecule has 2 aromatic carbocycles. The highest BCUT2D eigenvalue weighted by molar-refractivity contribution is 7.12. The molecule has 0 unspecified atom stereocenters. The Bertz CT molecular complexity index is 954. The zero-order chi connectivity index (χ0) is 21.3. The number of carbonyl (C=O) groups excluding carboxylic acids is 2. The lowest BCUT2D eigenvalue weighted by atomic mass is 9.98. The number of benzene rings is 2. The molecule has 0 aliphatic rings. The molecule has 1 heterocycles. The topological polar surface area (TPSA) is 76.7 Å². The number of nitrogens with one attached hydrogen (secondary N) is 2. The Labute approximate surface area is 179 Å². The van der Waals surface area contributed by atoms with E-state index in [4.69, 9.17) is 9.47 Å². The van der Waals surface area contributed by atoms with Gasteiger partial charge in [-0.05, 0) is 53.3 Å². The van der Waals surface area contributed by atoms with Gasteiger partial charge < -0.3 is 20.1 Å². The van der Waals surface area contributed by atoms with Crippen LogP contribution in [0.25, 0.3) is 0 Å². The molecule has 2 amide bonds. The lowest BCUT2D eigenvalue weighted by molar-refractivity contribution is -0.120. The van der Waals surface area contributed by atoms with Crippen LogP contribution in [0.2, 0.25) is 0 Å². The Morgan fingerprint density at radius 2 is 1.57 bits per heavy atom. The van der Waals surface area contributed by atoms with Crippen molar-refractivity contribution in [3.63, 3.8) is 0 Å². The second kappa shape index (κ2) is 10.5. The summed E-state index contributed by atoms with van der Waals surface area (Å²) in [5.74, 6) is 1.02. The molecule has 0 spiro atoms. The summed E-state index contributed by atoms with van der Waals surface area (Å²) in [6.45, 7) is -0.0913. The summed E-state index contributed by atoms with van der Waals surface area (Å²) in [5, 5.41) is 7.51.